The number of pyridine rings is 1. The number of thiazole rings is 1. The number of thioether (sulfide) groups is 2. The summed E-state index contributed by atoms with van der Waals surface area (Å²) in [6, 6.07) is 2.74. The summed E-state index contributed by atoms with van der Waals surface area (Å²) in [7, 11) is 0. The van der Waals surface area contributed by atoms with Gasteiger partial charge in [0.15, 0.2) is 10.7 Å². The van der Waals surface area contributed by atoms with Crippen LogP contribution in [0.5, 0.6) is 0 Å². The molecule has 16 heteroatoms. The van der Waals surface area contributed by atoms with Crippen molar-refractivity contribution in [1.82, 2.24) is 25.5 Å². The van der Waals surface area contributed by atoms with Crippen LogP contribution in [0.25, 0.3) is 16.8 Å². The van der Waals surface area contributed by atoms with Crippen LogP contribution in [0.15, 0.2) is 52.4 Å². The summed E-state index contributed by atoms with van der Waals surface area (Å²) in [6.07, 6.45) is 4.87. The zero-order valence-corrected chi connectivity index (χ0v) is 23.8. The number of thiocarbonyl (C=S) groups is 1. The molecular weight excluding hydrogens is 554 g/mol. The first-order valence-corrected chi connectivity index (χ1v) is 13.2. The number of nitrogens with two attached hydrogens (primary N) is 1. The van der Waals surface area contributed by atoms with Crippen LogP contribution in [-0.4, -0.2) is 64.8 Å². The molecule has 3 aliphatic heterocycles. The fraction of sp³-hybridized carbons (Fsp3) is 0.200. The number of aromatic nitrogens is 2. The number of amides is 2. The Kier molecular flexibility index (Phi) is 8.11. The Morgan fingerprint density at radius 1 is 1.47 bits per heavy atom. The number of hydrogen-bond acceptors (Lipinski definition) is 13. The van der Waals surface area contributed by atoms with Crippen molar-refractivity contribution in [3.8, 4) is 11.3 Å². The molecule has 1 saturated heterocycles. The van der Waals surface area contributed by atoms with Crippen molar-refractivity contribution in [3.63, 3.8) is 0 Å². The molecule has 2 aromatic heterocycles. The molecule has 3 atom stereocenters. The van der Waals surface area contributed by atoms with Crippen molar-refractivity contribution in [3.05, 3.63) is 52.2 Å². The van der Waals surface area contributed by atoms with Crippen molar-refractivity contribution in [2.45, 2.75) is 16.4 Å². The molecule has 1 unspecified atom stereocenters. The number of carbonyl (C=O) groups excluding carboxylic acids is 2. The number of carbonyl (C=O) groups is 2. The molecule has 1 fully saturated rings. The van der Waals surface area contributed by atoms with E-state index in [0.717, 1.165) is 17.3 Å². The maximum atomic E-state index is 13.0. The second kappa shape index (κ2) is 10.8. The number of rotatable bonds is 6. The van der Waals surface area contributed by atoms with Gasteiger partial charge in [-0.3, -0.25) is 25.2 Å². The molecule has 2 amide bonds. The molecule has 3 aliphatic rings. The Balaban J connectivity index is 0.00000304. The first kappa shape index (κ1) is 27.1. The first-order valence-electron chi connectivity index (χ1n) is 10.0. The third kappa shape index (κ3) is 4.69. The zero-order valence-electron chi connectivity index (χ0n) is 18.6. The monoisotopic (exact) mass is 569 g/mol. The molecule has 0 saturated carbocycles. The molecule has 0 radical (unpaired) electrons. The summed E-state index contributed by atoms with van der Waals surface area (Å²) in [6.45, 7) is 0. The Bertz CT molecular complexity index is 1310. The average Bonchev–Trinajstić information content (AvgIpc) is 3.52. The maximum absolute atomic E-state index is 13.0. The minimum absolute atomic E-state index is 0. The number of fused-ring (bicyclic) bond motifs is 1. The predicted molar refractivity (Wildman–Crippen MR) is 136 cm³/mol. The number of nitrogens with zero attached hydrogens (tertiary/aromatic N) is 4. The fourth-order valence-corrected chi connectivity index (χ4v) is 7.05. The van der Waals surface area contributed by atoms with Crippen molar-refractivity contribution in [2.24, 2.45) is 10.9 Å². The SMILES string of the molecule is NC1(C(=NO)C(=O)N[C@@H]2C(=O)N3C(C([O-])=S)=C(c4nc(-c5cccnc5)cs4)CS[C@H]23)NC=CS1.[Na+]. The average molecular weight is 570 g/mol. The summed E-state index contributed by atoms with van der Waals surface area (Å²) in [5, 5.41) is 33.0. The van der Waals surface area contributed by atoms with Crippen LogP contribution in [0.3, 0.4) is 0 Å². The fourth-order valence-electron chi connectivity index (χ4n) is 3.79. The van der Waals surface area contributed by atoms with E-state index in [1.165, 1.54) is 34.2 Å². The molecule has 180 valence electrons. The van der Waals surface area contributed by atoms with Gasteiger partial charge in [-0.05, 0) is 22.6 Å². The van der Waals surface area contributed by atoms with Crippen molar-refractivity contribution in [1.29, 1.82) is 0 Å². The van der Waals surface area contributed by atoms with E-state index in [-0.39, 0.29) is 41.0 Å². The molecule has 5 rings (SSSR count). The molecule has 11 nitrogen and oxygen atoms in total. The summed E-state index contributed by atoms with van der Waals surface area (Å²) >= 11 is 8.71. The maximum Gasteiger partial charge on any atom is 1.00 e. The van der Waals surface area contributed by atoms with E-state index in [9.17, 15) is 19.9 Å². The van der Waals surface area contributed by atoms with Crippen LogP contribution >= 0.6 is 47.1 Å². The van der Waals surface area contributed by atoms with Gasteiger partial charge in [-0.25, -0.2) is 4.98 Å². The molecular formula is C20H16N7NaO4S4. The number of hydrogen-bond donors (Lipinski definition) is 4. The minimum atomic E-state index is -1.46. The largest absolute Gasteiger partial charge is 1.00 e. The van der Waals surface area contributed by atoms with Crippen LogP contribution in [0.4, 0.5) is 0 Å². The van der Waals surface area contributed by atoms with Crippen LogP contribution in [0.2, 0.25) is 0 Å². The second-order valence-electron chi connectivity index (χ2n) is 7.50. The van der Waals surface area contributed by atoms with Gasteiger partial charge >= 0.3 is 29.6 Å². The van der Waals surface area contributed by atoms with Crippen molar-refractivity contribution >= 4 is 75.2 Å². The van der Waals surface area contributed by atoms with E-state index in [0.29, 0.717) is 22.0 Å². The van der Waals surface area contributed by atoms with Gasteiger partial charge in [-0.1, -0.05) is 29.1 Å². The normalized spacial score (nSPS) is 25.0. The van der Waals surface area contributed by atoms with E-state index >= 15 is 0 Å². The van der Waals surface area contributed by atoms with Crippen LogP contribution < -0.4 is 51.0 Å². The van der Waals surface area contributed by atoms with Crippen molar-refractivity contribution in [2.75, 3.05) is 5.75 Å². The van der Waals surface area contributed by atoms with Crippen LogP contribution in [0, 0.1) is 0 Å². The van der Waals surface area contributed by atoms with Gasteiger partial charge in [0.1, 0.15) is 16.4 Å². The van der Waals surface area contributed by atoms with Crippen molar-refractivity contribution < 1.29 is 49.5 Å². The smallest absolute Gasteiger partial charge is 0.863 e. The van der Waals surface area contributed by atoms with Gasteiger partial charge in [0.25, 0.3) is 11.8 Å². The molecule has 0 spiro atoms. The molecule has 5 heterocycles. The molecule has 2 aromatic rings. The molecule has 36 heavy (non-hydrogen) atoms. The topological polar surface area (TPSA) is 169 Å². The predicted octanol–water partition coefficient (Wildman–Crippen LogP) is -2.74. The number of oxime groups is 1. The summed E-state index contributed by atoms with van der Waals surface area (Å²) < 4.78 is 0. The van der Waals surface area contributed by atoms with Gasteiger partial charge in [0, 0.05) is 40.9 Å². The van der Waals surface area contributed by atoms with Gasteiger partial charge in [0.2, 0.25) is 0 Å². The molecule has 5 N–H and O–H groups in total. The molecule has 0 aliphatic carbocycles. The Morgan fingerprint density at radius 3 is 2.92 bits per heavy atom. The van der Waals surface area contributed by atoms with Gasteiger partial charge < -0.3 is 20.9 Å². The van der Waals surface area contributed by atoms with E-state index in [1.807, 2.05) is 11.4 Å². The third-order valence-corrected chi connectivity index (χ3v) is 8.78. The van der Waals surface area contributed by atoms with E-state index in [4.69, 9.17) is 18.0 Å². The van der Waals surface area contributed by atoms with Gasteiger partial charge in [0.05, 0.1) is 11.4 Å². The van der Waals surface area contributed by atoms with Gasteiger partial charge in [-0.2, -0.15) is 0 Å². The standard InChI is InChI=1S/C20H17N7O4S4.Na/c21-20(23-4-5-35-20)14(26-31)15(28)25-12-17(29)27-13(19(30)32)10(7-34-18(12)27)16-24-11(8-33-16)9-2-1-3-22-6-9;/h1-6,8,12,18,23,31H,7,21H2,(H,25,28)(H,30,32);/q;+1/p-1/t12-,18-,20?;/m1./s1. The third-order valence-electron chi connectivity index (χ3n) is 5.45. The first-order chi connectivity index (χ1) is 16.8. The van der Waals surface area contributed by atoms with E-state index in [1.54, 1.807) is 23.9 Å². The molecule has 0 bridgehead atoms. The van der Waals surface area contributed by atoms with E-state index in [2.05, 4.69) is 25.8 Å². The summed E-state index contributed by atoms with van der Waals surface area (Å²) in [4.78, 5) is 34.4. The summed E-state index contributed by atoms with van der Waals surface area (Å²) in [5.74, 6) is -0.945. The van der Waals surface area contributed by atoms with Crippen LogP contribution in [-0.2, 0) is 9.59 Å². The Labute approximate surface area is 245 Å². The van der Waals surface area contributed by atoms with E-state index < -0.39 is 33.3 Å². The Morgan fingerprint density at radius 2 is 2.28 bits per heavy atom. The number of β-lactam (4-membered cyclic amide) rings is 1. The second-order valence-corrected chi connectivity index (χ2v) is 11.0. The minimum Gasteiger partial charge on any atom is -0.863 e. The quantitative estimate of drug-likeness (QED) is 0.0711. The van der Waals surface area contributed by atoms with Gasteiger partial charge in [-0.15, -0.1) is 23.1 Å². The Hall–Kier alpha value is -1.98. The number of nitrogens with one attached hydrogen (secondary N) is 2. The summed E-state index contributed by atoms with van der Waals surface area (Å²) in [5.41, 5.74) is 7.87. The van der Waals surface area contributed by atoms with Crippen LogP contribution in [0.1, 0.15) is 5.01 Å². The molecule has 0 aromatic carbocycles. The zero-order chi connectivity index (χ0) is 24.7.